The monoisotopic (exact) mass is 177 g/mol. The molecule has 4 nitrogen and oxygen atoms in total. The van der Waals surface area contributed by atoms with E-state index in [9.17, 15) is 4.79 Å². The summed E-state index contributed by atoms with van der Waals surface area (Å²) in [7, 11) is 3.45. The Kier molecular flexibility index (Phi) is 18.0. The molecule has 1 N–H and O–H groups in total. The SMILES string of the molecule is CC.CC(=O)N(C)C.CC(=O)O. The Hall–Kier alpha value is -1.06. The molecule has 1 amide bonds. The number of aliphatic carboxylic acids is 1. The van der Waals surface area contributed by atoms with Gasteiger partial charge in [-0.25, -0.2) is 0 Å². The summed E-state index contributed by atoms with van der Waals surface area (Å²) >= 11 is 0. The van der Waals surface area contributed by atoms with Crippen LogP contribution in [0, 0.1) is 0 Å². The van der Waals surface area contributed by atoms with Gasteiger partial charge in [-0.05, 0) is 0 Å². The maximum Gasteiger partial charge on any atom is 0.300 e. The van der Waals surface area contributed by atoms with Gasteiger partial charge in [0.1, 0.15) is 0 Å². The molecule has 0 aliphatic rings. The van der Waals surface area contributed by atoms with Gasteiger partial charge in [-0.1, -0.05) is 13.8 Å². The maximum absolute atomic E-state index is 10.1. The molecule has 0 bridgehead atoms. The lowest BCUT2D eigenvalue weighted by atomic mass is 10.7. The van der Waals surface area contributed by atoms with Crippen molar-refractivity contribution < 1.29 is 14.7 Å². The quantitative estimate of drug-likeness (QED) is 0.605. The van der Waals surface area contributed by atoms with Crippen LogP contribution in [0.25, 0.3) is 0 Å². The van der Waals surface area contributed by atoms with Crippen LogP contribution in [0.1, 0.15) is 27.7 Å². The highest BCUT2D eigenvalue weighted by Crippen LogP contribution is 1.69. The molecule has 0 saturated carbocycles. The molecule has 0 aromatic rings. The molecule has 0 heterocycles. The van der Waals surface area contributed by atoms with Crippen LogP contribution in [0.3, 0.4) is 0 Å². The fraction of sp³-hybridized carbons (Fsp3) is 0.750. The minimum Gasteiger partial charge on any atom is -0.481 e. The third-order valence-electron chi connectivity index (χ3n) is 0.630. The number of nitrogens with zero attached hydrogens (tertiary/aromatic N) is 1. The van der Waals surface area contributed by atoms with Crippen LogP contribution in [0.15, 0.2) is 0 Å². The summed E-state index contributed by atoms with van der Waals surface area (Å²) in [6.07, 6.45) is 0. The van der Waals surface area contributed by atoms with Gasteiger partial charge in [0.25, 0.3) is 5.97 Å². The van der Waals surface area contributed by atoms with Crippen LogP contribution in [0.2, 0.25) is 0 Å². The maximum atomic E-state index is 10.1. The minimum atomic E-state index is -0.833. The molecule has 0 aromatic carbocycles. The van der Waals surface area contributed by atoms with Gasteiger partial charge in [0.05, 0.1) is 0 Å². The third-order valence-corrected chi connectivity index (χ3v) is 0.630. The molecular weight excluding hydrogens is 158 g/mol. The lowest BCUT2D eigenvalue weighted by molar-refractivity contribution is -0.134. The molecule has 0 aliphatic carbocycles. The van der Waals surface area contributed by atoms with Crippen LogP contribution >= 0.6 is 0 Å². The molecule has 0 rings (SSSR count). The molecule has 4 heteroatoms. The van der Waals surface area contributed by atoms with E-state index < -0.39 is 5.97 Å². The summed E-state index contributed by atoms with van der Waals surface area (Å²) in [6, 6.07) is 0. The number of carboxylic acids is 1. The standard InChI is InChI=1S/C4H9NO.C2H4O2.C2H6/c1-4(6)5(2)3;1-2(3)4;1-2/h1-3H3;1H3,(H,3,4);1-2H3. The molecule has 0 atom stereocenters. The number of carbonyl (C=O) groups excluding carboxylic acids is 1. The fourth-order valence-electron chi connectivity index (χ4n) is 0. The summed E-state index contributed by atoms with van der Waals surface area (Å²) in [5, 5.41) is 7.42. The first-order valence-electron chi connectivity index (χ1n) is 3.75. The van der Waals surface area contributed by atoms with E-state index in [0.29, 0.717) is 0 Å². The molecular formula is C8H19NO3. The van der Waals surface area contributed by atoms with Gasteiger partial charge < -0.3 is 10.0 Å². The predicted octanol–water partition coefficient (Wildman–Crippen LogP) is 1.21. The van der Waals surface area contributed by atoms with Crippen molar-refractivity contribution in [1.82, 2.24) is 4.90 Å². The van der Waals surface area contributed by atoms with E-state index in [1.165, 1.54) is 11.8 Å². The summed E-state index contributed by atoms with van der Waals surface area (Å²) in [5.74, 6) is -0.741. The smallest absolute Gasteiger partial charge is 0.300 e. The van der Waals surface area contributed by atoms with Gasteiger partial charge in [-0.15, -0.1) is 0 Å². The van der Waals surface area contributed by atoms with Gasteiger partial charge >= 0.3 is 0 Å². The Morgan fingerprint density at radius 2 is 1.17 bits per heavy atom. The Morgan fingerprint density at radius 1 is 1.08 bits per heavy atom. The van der Waals surface area contributed by atoms with Gasteiger partial charge in [-0.2, -0.15) is 0 Å². The van der Waals surface area contributed by atoms with E-state index in [2.05, 4.69) is 0 Å². The van der Waals surface area contributed by atoms with Gasteiger partial charge in [-0.3, -0.25) is 9.59 Å². The first-order chi connectivity index (χ1) is 5.37. The molecule has 0 radical (unpaired) electrons. The van der Waals surface area contributed by atoms with Crippen LogP contribution in [0.5, 0.6) is 0 Å². The zero-order valence-corrected chi connectivity index (χ0v) is 8.71. The molecule has 0 saturated heterocycles. The number of carbonyl (C=O) groups is 2. The lowest BCUT2D eigenvalue weighted by Crippen LogP contribution is -2.17. The average molecular weight is 177 g/mol. The molecule has 0 fully saturated rings. The number of amides is 1. The van der Waals surface area contributed by atoms with E-state index in [4.69, 9.17) is 9.90 Å². The van der Waals surface area contributed by atoms with Crippen molar-refractivity contribution in [2.45, 2.75) is 27.7 Å². The Bertz CT molecular complexity index is 117. The summed E-state index contributed by atoms with van der Waals surface area (Å²) in [6.45, 7) is 6.61. The van der Waals surface area contributed by atoms with E-state index in [1.807, 2.05) is 13.8 Å². The zero-order valence-electron chi connectivity index (χ0n) is 8.71. The van der Waals surface area contributed by atoms with E-state index in [0.717, 1.165) is 6.92 Å². The third kappa shape index (κ3) is 65.2. The predicted molar refractivity (Wildman–Crippen MR) is 49.0 cm³/mol. The van der Waals surface area contributed by atoms with Gasteiger partial charge in [0.15, 0.2) is 0 Å². The van der Waals surface area contributed by atoms with Crippen molar-refractivity contribution in [1.29, 1.82) is 0 Å². The molecule has 0 aromatic heterocycles. The van der Waals surface area contributed by atoms with Crippen LogP contribution in [-0.2, 0) is 9.59 Å². The minimum absolute atomic E-state index is 0.0926. The summed E-state index contributed by atoms with van der Waals surface area (Å²) in [4.78, 5) is 20.6. The van der Waals surface area contributed by atoms with Gasteiger partial charge in [0, 0.05) is 27.9 Å². The van der Waals surface area contributed by atoms with Crippen molar-refractivity contribution in [3.05, 3.63) is 0 Å². The van der Waals surface area contributed by atoms with Crippen LogP contribution in [-0.4, -0.2) is 36.0 Å². The first kappa shape index (κ1) is 17.1. The Morgan fingerprint density at radius 3 is 1.17 bits per heavy atom. The number of hydrogen-bond acceptors (Lipinski definition) is 2. The largest absolute Gasteiger partial charge is 0.481 e. The van der Waals surface area contributed by atoms with Crippen LogP contribution < -0.4 is 0 Å². The highest BCUT2D eigenvalue weighted by Gasteiger charge is 1.87. The molecule has 0 spiro atoms. The van der Waals surface area contributed by atoms with E-state index >= 15 is 0 Å². The normalized spacial score (nSPS) is 6.50. The summed E-state index contributed by atoms with van der Waals surface area (Å²) < 4.78 is 0. The highest BCUT2D eigenvalue weighted by atomic mass is 16.4. The zero-order chi connectivity index (χ0) is 10.7. The highest BCUT2D eigenvalue weighted by molar-refractivity contribution is 5.72. The topological polar surface area (TPSA) is 57.6 Å². The lowest BCUT2D eigenvalue weighted by Gasteiger charge is -2.02. The van der Waals surface area contributed by atoms with Crippen molar-refractivity contribution in [3.8, 4) is 0 Å². The second kappa shape index (κ2) is 12.6. The summed E-state index contributed by atoms with van der Waals surface area (Å²) in [5.41, 5.74) is 0. The second-order valence-electron chi connectivity index (χ2n) is 1.93. The van der Waals surface area contributed by atoms with Crippen LogP contribution in [0.4, 0.5) is 0 Å². The fourth-order valence-corrected chi connectivity index (χ4v) is 0. The van der Waals surface area contributed by atoms with Crippen molar-refractivity contribution in [3.63, 3.8) is 0 Å². The van der Waals surface area contributed by atoms with Crippen molar-refractivity contribution >= 4 is 11.9 Å². The Balaban J connectivity index is -0.000000118. The number of rotatable bonds is 0. The Labute approximate surface area is 74.2 Å². The van der Waals surface area contributed by atoms with Crippen molar-refractivity contribution in [2.75, 3.05) is 14.1 Å². The second-order valence-corrected chi connectivity index (χ2v) is 1.93. The van der Waals surface area contributed by atoms with Gasteiger partial charge in [0.2, 0.25) is 5.91 Å². The molecule has 0 unspecified atom stereocenters. The molecule has 12 heavy (non-hydrogen) atoms. The number of hydrogen-bond donors (Lipinski definition) is 1. The molecule has 74 valence electrons. The average Bonchev–Trinajstić information content (AvgIpc) is 1.90. The number of carboxylic acid groups (broad SMARTS) is 1. The van der Waals surface area contributed by atoms with E-state index in [1.54, 1.807) is 14.1 Å². The first-order valence-corrected chi connectivity index (χ1v) is 3.75. The van der Waals surface area contributed by atoms with Crippen molar-refractivity contribution in [2.24, 2.45) is 0 Å². The van der Waals surface area contributed by atoms with E-state index in [-0.39, 0.29) is 5.91 Å². The molecule has 0 aliphatic heterocycles.